The summed E-state index contributed by atoms with van der Waals surface area (Å²) in [6, 6.07) is 5.70. The number of hydrogen-bond donors (Lipinski definition) is 2. The number of fused-ring (bicyclic) bond motifs is 1. The fourth-order valence-corrected chi connectivity index (χ4v) is 3.06. The fraction of sp³-hybridized carbons (Fsp3) is 0.389. The van der Waals surface area contributed by atoms with Crippen molar-refractivity contribution in [1.82, 2.24) is 19.7 Å². The first-order chi connectivity index (χ1) is 12.9. The molecule has 0 unspecified atom stereocenters. The minimum Gasteiger partial charge on any atom is -0.390 e. The molecule has 144 valence electrons. The van der Waals surface area contributed by atoms with Gasteiger partial charge >= 0.3 is 0 Å². The largest absolute Gasteiger partial charge is 0.390 e. The number of H-pyrrole nitrogens is 1. The normalized spacial score (nSPS) is 12.7. The van der Waals surface area contributed by atoms with Gasteiger partial charge in [-0.15, -0.1) is 0 Å². The van der Waals surface area contributed by atoms with E-state index in [0.717, 1.165) is 5.56 Å². The Morgan fingerprint density at radius 3 is 2.37 bits per heavy atom. The Morgan fingerprint density at radius 2 is 1.85 bits per heavy atom. The van der Waals surface area contributed by atoms with Crippen molar-refractivity contribution in [2.24, 2.45) is 0 Å². The second-order valence-corrected chi connectivity index (χ2v) is 6.42. The van der Waals surface area contributed by atoms with Gasteiger partial charge in [0, 0.05) is 19.7 Å². The van der Waals surface area contributed by atoms with E-state index in [2.05, 4.69) is 15.1 Å². The van der Waals surface area contributed by atoms with Crippen molar-refractivity contribution in [3.63, 3.8) is 0 Å². The van der Waals surface area contributed by atoms with E-state index in [0.29, 0.717) is 18.0 Å². The van der Waals surface area contributed by atoms with Crippen molar-refractivity contribution >= 4 is 17.0 Å². The number of nitrogens with one attached hydrogen (secondary N) is 1. The number of anilines is 1. The molecule has 0 saturated carbocycles. The van der Waals surface area contributed by atoms with Crippen LogP contribution in [0.2, 0.25) is 0 Å². The first-order valence-electron chi connectivity index (χ1n) is 8.55. The third-order valence-electron chi connectivity index (χ3n) is 4.45. The van der Waals surface area contributed by atoms with Gasteiger partial charge in [0.1, 0.15) is 11.1 Å². The molecular formula is C18H21F2N5O2. The molecular weight excluding hydrogens is 356 g/mol. The summed E-state index contributed by atoms with van der Waals surface area (Å²) >= 11 is 0. The lowest BCUT2D eigenvalue weighted by molar-refractivity contribution is 0.151. The molecule has 0 saturated heterocycles. The number of hydrogen-bond acceptors (Lipinski definition) is 5. The van der Waals surface area contributed by atoms with Crippen LogP contribution in [0.3, 0.4) is 0 Å². The number of aromatic nitrogens is 4. The van der Waals surface area contributed by atoms with Crippen molar-refractivity contribution < 1.29 is 13.9 Å². The van der Waals surface area contributed by atoms with E-state index in [9.17, 15) is 18.7 Å². The van der Waals surface area contributed by atoms with Gasteiger partial charge in [-0.05, 0) is 12.0 Å². The van der Waals surface area contributed by atoms with Gasteiger partial charge < -0.3 is 10.0 Å². The number of alkyl halides is 2. The van der Waals surface area contributed by atoms with Crippen LogP contribution in [0.1, 0.15) is 42.6 Å². The van der Waals surface area contributed by atoms with Gasteiger partial charge in [0.25, 0.3) is 12.0 Å². The molecule has 3 aromatic rings. The monoisotopic (exact) mass is 377 g/mol. The molecule has 27 heavy (non-hydrogen) atoms. The van der Waals surface area contributed by atoms with Crippen molar-refractivity contribution in [3.05, 3.63) is 51.4 Å². The highest BCUT2D eigenvalue weighted by molar-refractivity contribution is 5.78. The van der Waals surface area contributed by atoms with Crippen molar-refractivity contribution in [2.75, 3.05) is 19.0 Å². The van der Waals surface area contributed by atoms with E-state index >= 15 is 0 Å². The maximum Gasteiger partial charge on any atom is 0.263 e. The smallest absolute Gasteiger partial charge is 0.263 e. The zero-order valence-corrected chi connectivity index (χ0v) is 15.3. The number of nitrogens with zero attached hydrogens (tertiary/aromatic N) is 4. The van der Waals surface area contributed by atoms with Crippen LogP contribution in [0.25, 0.3) is 11.0 Å². The minimum absolute atomic E-state index is 0.0561. The summed E-state index contributed by atoms with van der Waals surface area (Å²) in [7, 11) is 3.50. The van der Waals surface area contributed by atoms with Gasteiger partial charge in [-0.25, -0.2) is 13.5 Å². The number of aliphatic hydroxyl groups is 1. The van der Waals surface area contributed by atoms with Gasteiger partial charge in [0.05, 0.1) is 12.6 Å². The van der Waals surface area contributed by atoms with E-state index in [4.69, 9.17) is 0 Å². The fourth-order valence-electron chi connectivity index (χ4n) is 3.06. The zero-order chi connectivity index (χ0) is 19.7. The van der Waals surface area contributed by atoms with Crippen LogP contribution in [0.4, 0.5) is 14.7 Å². The molecule has 1 atom stereocenters. The molecule has 2 heterocycles. The molecule has 0 aliphatic rings. The lowest BCUT2D eigenvalue weighted by Gasteiger charge is -2.18. The number of aliphatic hydroxyl groups excluding tert-OH is 1. The van der Waals surface area contributed by atoms with E-state index in [1.807, 2.05) is 6.92 Å². The Balaban J connectivity index is 2.19. The number of rotatable bonds is 6. The average Bonchev–Trinajstić information content (AvgIpc) is 3.02. The Morgan fingerprint density at radius 1 is 1.22 bits per heavy atom. The van der Waals surface area contributed by atoms with Gasteiger partial charge in [-0.1, -0.05) is 31.2 Å². The van der Waals surface area contributed by atoms with Crippen LogP contribution >= 0.6 is 0 Å². The predicted octanol–water partition coefficient (Wildman–Crippen LogP) is 2.61. The van der Waals surface area contributed by atoms with Gasteiger partial charge in [0.2, 0.25) is 5.95 Å². The summed E-state index contributed by atoms with van der Waals surface area (Å²) in [6.45, 7) is 1.52. The molecule has 2 aromatic heterocycles. The standard InChI is InChI=1S/C18H21F2N5O2/c1-4-13(10-5-7-11(8-6-10)15(19)20)25-16-14(12(9-26)23-25)17(27)22-18(21-16)24(2)3/h5-8,13,15,26H,4,9H2,1-3H3,(H,21,22,27)/t13-/m0/s1. The second kappa shape index (κ2) is 7.43. The summed E-state index contributed by atoms with van der Waals surface area (Å²) in [5, 5.41) is 14.2. The van der Waals surface area contributed by atoms with Gasteiger partial charge in [-0.3, -0.25) is 9.78 Å². The molecule has 9 heteroatoms. The maximum absolute atomic E-state index is 12.8. The van der Waals surface area contributed by atoms with Crippen molar-refractivity contribution in [3.8, 4) is 0 Å². The lowest BCUT2D eigenvalue weighted by atomic mass is 10.0. The maximum atomic E-state index is 12.8. The van der Waals surface area contributed by atoms with E-state index in [1.165, 1.54) is 12.1 Å². The Kier molecular flexibility index (Phi) is 5.22. The highest BCUT2D eigenvalue weighted by Gasteiger charge is 2.22. The zero-order valence-electron chi connectivity index (χ0n) is 15.3. The summed E-state index contributed by atoms with van der Waals surface area (Å²) in [5.41, 5.74) is 0.897. The molecule has 0 fully saturated rings. The summed E-state index contributed by atoms with van der Waals surface area (Å²) in [4.78, 5) is 21.3. The molecule has 1 aromatic carbocycles. The molecule has 0 aliphatic heterocycles. The average molecular weight is 377 g/mol. The summed E-state index contributed by atoms with van der Waals surface area (Å²) in [5.74, 6) is 0.362. The quantitative estimate of drug-likeness (QED) is 0.690. The molecule has 0 amide bonds. The van der Waals surface area contributed by atoms with Gasteiger partial charge in [0.15, 0.2) is 5.65 Å². The molecule has 0 radical (unpaired) electrons. The highest BCUT2D eigenvalue weighted by atomic mass is 19.3. The van der Waals surface area contributed by atoms with Crippen molar-refractivity contribution in [2.45, 2.75) is 32.4 Å². The van der Waals surface area contributed by atoms with Crippen LogP contribution in [-0.2, 0) is 6.61 Å². The number of halogens is 2. The molecule has 0 spiro atoms. The first-order valence-corrected chi connectivity index (χ1v) is 8.55. The van der Waals surface area contributed by atoms with Crippen LogP contribution in [0.15, 0.2) is 29.1 Å². The topological polar surface area (TPSA) is 87.0 Å². The van der Waals surface area contributed by atoms with Crippen molar-refractivity contribution in [1.29, 1.82) is 0 Å². The highest BCUT2D eigenvalue weighted by Crippen LogP contribution is 2.28. The second-order valence-electron chi connectivity index (χ2n) is 6.42. The Labute approximate surface area is 154 Å². The Bertz CT molecular complexity index is 995. The van der Waals surface area contributed by atoms with E-state index < -0.39 is 13.0 Å². The van der Waals surface area contributed by atoms with Crippen LogP contribution in [-0.4, -0.2) is 39.0 Å². The first kappa shape index (κ1) is 19.0. The number of benzene rings is 1. The molecule has 0 aliphatic carbocycles. The molecule has 3 rings (SSSR count). The van der Waals surface area contributed by atoms with E-state index in [1.54, 1.807) is 35.8 Å². The summed E-state index contributed by atoms with van der Waals surface area (Å²) < 4.78 is 27.2. The van der Waals surface area contributed by atoms with Crippen LogP contribution in [0, 0.1) is 0 Å². The predicted molar refractivity (Wildman–Crippen MR) is 98.2 cm³/mol. The Hall–Kier alpha value is -2.81. The molecule has 2 N–H and O–H groups in total. The van der Waals surface area contributed by atoms with E-state index in [-0.39, 0.29) is 28.2 Å². The lowest BCUT2D eigenvalue weighted by Crippen LogP contribution is -2.20. The van der Waals surface area contributed by atoms with Crippen LogP contribution in [0.5, 0.6) is 0 Å². The van der Waals surface area contributed by atoms with Crippen LogP contribution < -0.4 is 10.5 Å². The van der Waals surface area contributed by atoms with Gasteiger partial charge in [-0.2, -0.15) is 10.1 Å². The third-order valence-corrected chi connectivity index (χ3v) is 4.45. The molecule has 0 bridgehead atoms. The number of aromatic amines is 1. The third kappa shape index (κ3) is 3.42. The summed E-state index contributed by atoms with van der Waals surface area (Å²) in [6.07, 6.45) is -1.94. The molecule has 7 nitrogen and oxygen atoms in total. The minimum atomic E-state index is -2.53. The SMILES string of the molecule is CC[C@@H](c1ccc(C(F)F)cc1)n1nc(CO)c2c(=O)[nH]c(N(C)C)nc21.